The average Bonchev–Trinajstić information content (AvgIpc) is 2.76. The number of benzene rings is 1. The Morgan fingerprint density at radius 2 is 2.29 bits per heavy atom. The Bertz CT molecular complexity index is 601. The Morgan fingerprint density at radius 1 is 1.47 bits per heavy atom. The topological polar surface area (TPSA) is 88.9 Å². The van der Waals surface area contributed by atoms with E-state index >= 15 is 0 Å². The highest BCUT2D eigenvalue weighted by Gasteiger charge is 2.14. The lowest BCUT2D eigenvalue weighted by Crippen LogP contribution is -1.89. The molecule has 0 aliphatic carbocycles. The molecule has 1 N–H and O–H groups in total. The Balaban J connectivity index is 2.51. The SMILES string of the molecule is O=CCC=Cc1cc([N+](=O)[O-])c2cn[nH]c2c1. The summed E-state index contributed by atoms with van der Waals surface area (Å²) in [5.74, 6) is 0. The van der Waals surface area contributed by atoms with Gasteiger partial charge in [-0.3, -0.25) is 15.2 Å². The molecule has 6 heteroatoms. The molecule has 0 unspecified atom stereocenters. The minimum absolute atomic E-state index is 0.00185. The fourth-order valence-corrected chi connectivity index (χ4v) is 1.56. The molecular weight excluding hydrogens is 222 g/mol. The number of aromatic nitrogens is 2. The number of nitrogens with zero attached hydrogens (tertiary/aromatic N) is 2. The zero-order valence-electron chi connectivity index (χ0n) is 8.79. The van der Waals surface area contributed by atoms with Gasteiger partial charge in [-0.2, -0.15) is 5.10 Å². The molecule has 1 heterocycles. The molecule has 0 amide bonds. The number of allylic oxidation sites excluding steroid dienone is 1. The summed E-state index contributed by atoms with van der Waals surface area (Å²) in [6, 6.07) is 3.20. The number of nitro groups is 1. The molecule has 6 nitrogen and oxygen atoms in total. The quantitative estimate of drug-likeness (QED) is 0.495. The van der Waals surface area contributed by atoms with Gasteiger partial charge in [0.1, 0.15) is 6.29 Å². The normalized spacial score (nSPS) is 11.1. The number of carbonyl (C=O) groups excluding carboxylic acids is 1. The van der Waals surface area contributed by atoms with Gasteiger partial charge in [0.25, 0.3) is 5.69 Å². The molecule has 0 bridgehead atoms. The lowest BCUT2D eigenvalue weighted by molar-refractivity contribution is -0.383. The van der Waals surface area contributed by atoms with Crippen molar-refractivity contribution in [3.63, 3.8) is 0 Å². The van der Waals surface area contributed by atoms with Crippen molar-refractivity contribution in [1.29, 1.82) is 0 Å². The summed E-state index contributed by atoms with van der Waals surface area (Å²) in [6.45, 7) is 0. The predicted molar refractivity (Wildman–Crippen MR) is 62.5 cm³/mol. The number of nitro benzene ring substituents is 1. The molecule has 0 saturated heterocycles. The third-order valence-electron chi connectivity index (χ3n) is 2.30. The number of non-ortho nitro benzene ring substituents is 1. The van der Waals surface area contributed by atoms with Crippen LogP contribution in [-0.4, -0.2) is 21.4 Å². The van der Waals surface area contributed by atoms with Crippen LogP contribution >= 0.6 is 0 Å². The number of rotatable bonds is 4. The van der Waals surface area contributed by atoms with Crippen LogP contribution in [0.2, 0.25) is 0 Å². The fourth-order valence-electron chi connectivity index (χ4n) is 1.56. The molecule has 0 radical (unpaired) electrons. The summed E-state index contributed by atoms with van der Waals surface area (Å²) >= 11 is 0. The Hall–Kier alpha value is -2.50. The first-order valence-corrected chi connectivity index (χ1v) is 4.94. The van der Waals surface area contributed by atoms with Crippen LogP contribution < -0.4 is 0 Å². The minimum atomic E-state index is -0.449. The summed E-state index contributed by atoms with van der Waals surface area (Å²) in [6.07, 6.45) is 5.79. The molecule has 2 aromatic rings. The molecule has 0 aliphatic rings. The number of fused-ring (bicyclic) bond motifs is 1. The van der Waals surface area contributed by atoms with Crippen LogP contribution in [-0.2, 0) is 4.79 Å². The molecule has 17 heavy (non-hydrogen) atoms. The standard InChI is InChI=1S/C11H9N3O3/c15-4-2-1-3-8-5-10-9(7-12-13-10)11(6-8)14(16)17/h1,3-7H,2H2,(H,12,13). The lowest BCUT2D eigenvalue weighted by atomic mass is 10.1. The van der Waals surface area contributed by atoms with E-state index in [1.165, 1.54) is 12.3 Å². The molecule has 0 fully saturated rings. The molecule has 0 aliphatic heterocycles. The molecule has 2 rings (SSSR count). The highest BCUT2D eigenvalue weighted by Crippen LogP contribution is 2.26. The number of hydrogen-bond acceptors (Lipinski definition) is 4. The van der Waals surface area contributed by atoms with Crippen LogP contribution in [0, 0.1) is 10.1 Å². The molecule has 0 saturated carbocycles. The van der Waals surface area contributed by atoms with Gasteiger partial charge < -0.3 is 4.79 Å². The smallest absolute Gasteiger partial charge is 0.280 e. The van der Waals surface area contributed by atoms with Gasteiger partial charge in [0.05, 0.1) is 22.0 Å². The van der Waals surface area contributed by atoms with Gasteiger partial charge in [-0.25, -0.2) is 0 Å². The number of aromatic amines is 1. The second-order valence-electron chi connectivity index (χ2n) is 3.43. The van der Waals surface area contributed by atoms with Crippen LogP contribution in [0.15, 0.2) is 24.4 Å². The molecular formula is C11H9N3O3. The van der Waals surface area contributed by atoms with Gasteiger partial charge in [-0.15, -0.1) is 0 Å². The van der Waals surface area contributed by atoms with E-state index in [-0.39, 0.29) is 12.1 Å². The van der Waals surface area contributed by atoms with Gasteiger partial charge >= 0.3 is 0 Å². The number of aldehydes is 1. The summed E-state index contributed by atoms with van der Waals surface area (Å²) in [4.78, 5) is 20.6. The maximum atomic E-state index is 10.9. The van der Waals surface area contributed by atoms with E-state index in [4.69, 9.17) is 0 Å². The summed E-state index contributed by atoms with van der Waals surface area (Å²) in [7, 11) is 0. The number of hydrogen-bond donors (Lipinski definition) is 1. The van der Waals surface area contributed by atoms with Gasteiger partial charge in [-0.1, -0.05) is 12.2 Å². The minimum Gasteiger partial charge on any atom is -0.303 e. The Morgan fingerprint density at radius 3 is 3.00 bits per heavy atom. The van der Waals surface area contributed by atoms with E-state index in [9.17, 15) is 14.9 Å². The fraction of sp³-hybridized carbons (Fsp3) is 0.0909. The maximum Gasteiger partial charge on any atom is 0.280 e. The van der Waals surface area contributed by atoms with Gasteiger partial charge in [-0.05, 0) is 11.6 Å². The highest BCUT2D eigenvalue weighted by atomic mass is 16.6. The van der Waals surface area contributed by atoms with Crippen molar-refractivity contribution in [3.8, 4) is 0 Å². The van der Waals surface area contributed by atoms with Gasteiger partial charge in [0.15, 0.2) is 0 Å². The maximum absolute atomic E-state index is 10.9. The summed E-state index contributed by atoms with van der Waals surface area (Å²) in [5, 5.41) is 17.8. The first kappa shape index (κ1) is 11.0. The van der Waals surface area contributed by atoms with Crippen molar-refractivity contribution in [2.24, 2.45) is 0 Å². The molecule has 1 aromatic heterocycles. The number of carbonyl (C=O) groups is 1. The largest absolute Gasteiger partial charge is 0.303 e. The van der Waals surface area contributed by atoms with Crippen molar-refractivity contribution >= 4 is 29.0 Å². The van der Waals surface area contributed by atoms with Crippen LogP contribution in [0.4, 0.5) is 5.69 Å². The molecule has 86 valence electrons. The predicted octanol–water partition coefficient (Wildman–Crippen LogP) is 2.07. The van der Waals surface area contributed by atoms with E-state index in [1.54, 1.807) is 18.2 Å². The van der Waals surface area contributed by atoms with E-state index in [0.29, 0.717) is 16.5 Å². The van der Waals surface area contributed by atoms with E-state index in [2.05, 4.69) is 10.2 Å². The van der Waals surface area contributed by atoms with Crippen LogP contribution in [0.5, 0.6) is 0 Å². The monoisotopic (exact) mass is 231 g/mol. The average molecular weight is 231 g/mol. The van der Waals surface area contributed by atoms with Crippen LogP contribution in [0.1, 0.15) is 12.0 Å². The van der Waals surface area contributed by atoms with E-state index in [1.807, 2.05) is 0 Å². The van der Waals surface area contributed by atoms with Crippen molar-refractivity contribution < 1.29 is 9.72 Å². The van der Waals surface area contributed by atoms with Gasteiger partial charge in [0, 0.05) is 12.5 Å². The van der Waals surface area contributed by atoms with E-state index < -0.39 is 4.92 Å². The van der Waals surface area contributed by atoms with Crippen molar-refractivity contribution in [2.45, 2.75) is 6.42 Å². The summed E-state index contributed by atoms with van der Waals surface area (Å²) in [5.41, 5.74) is 1.27. The first-order chi connectivity index (χ1) is 8.22. The summed E-state index contributed by atoms with van der Waals surface area (Å²) < 4.78 is 0. The van der Waals surface area contributed by atoms with Gasteiger partial charge in [0.2, 0.25) is 0 Å². The molecule has 0 atom stereocenters. The second-order valence-corrected chi connectivity index (χ2v) is 3.43. The van der Waals surface area contributed by atoms with E-state index in [0.717, 1.165) is 6.29 Å². The zero-order chi connectivity index (χ0) is 12.3. The van der Waals surface area contributed by atoms with Crippen molar-refractivity contribution in [2.75, 3.05) is 0 Å². The van der Waals surface area contributed by atoms with Crippen LogP contribution in [0.25, 0.3) is 17.0 Å². The van der Waals surface area contributed by atoms with Crippen LogP contribution in [0.3, 0.4) is 0 Å². The Labute approximate surface area is 96.1 Å². The first-order valence-electron chi connectivity index (χ1n) is 4.94. The zero-order valence-corrected chi connectivity index (χ0v) is 8.79. The number of nitrogens with one attached hydrogen (secondary N) is 1. The highest BCUT2D eigenvalue weighted by molar-refractivity contribution is 5.89. The van der Waals surface area contributed by atoms with Crippen molar-refractivity contribution in [3.05, 3.63) is 40.1 Å². The van der Waals surface area contributed by atoms with Crippen molar-refractivity contribution in [1.82, 2.24) is 10.2 Å². The Kier molecular flexibility index (Phi) is 2.95. The third kappa shape index (κ3) is 2.20. The third-order valence-corrected chi connectivity index (χ3v) is 2.30. The second kappa shape index (κ2) is 4.56. The number of H-pyrrole nitrogens is 1. The molecule has 1 aromatic carbocycles. The molecule has 0 spiro atoms. The lowest BCUT2D eigenvalue weighted by Gasteiger charge is -1.96.